The van der Waals surface area contributed by atoms with E-state index in [0.717, 1.165) is 22.3 Å². The van der Waals surface area contributed by atoms with Crippen LogP contribution in [-0.2, 0) is 17.8 Å². The van der Waals surface area contributed by atoms with Crippen molar-refractivity contribution in [2.45, 2.75) is 26.9 Å². The molecule has 0 amide bonds. The third kappa shape index (κ3) is 4.76. The van der Waals surface area contributed by atoms with Crippen molar-refractivity contribution in [3.8, 4) is 22.6 Å². The minimum atomic E-state index is -0.176. The Morgan fingerprint density at radius 3 is 2.84 bits per heavy atom. The maximum atomic E-state index is 12.3. The standard InChI is InChI=1S/C24H22ClN3O3/c1-3-30-14-16-4-5-19(25)18(10-16)12-22-28-13-21(31-22)17-7-9-26-20(11-17)23-15(2)6-8-27-24(23)29/h4-11,13H,3,12,14H2,1-2H3,(H,27,29). The van der Waals surface area contributed by atoms with Gasteiger partial charge in [-0.15, -0.1) is 0 Å². The molecule has 0 atom stereocenters. The minimum absolute atomic E-state index is 0.176. The molecule has 0 aliphatic heterocycles. The molecular weight excluding hydrogens is 414 g/mol. The lowest BCUT2D eigenvalue weighted by Gasteiger charge is -2.07. The van der Waals surface area contributed by atoms with Gasteiger partial charge in [-0.05, 0) is 54.8 Å². The summed E-state index contributed by atoms with van der Waals surface area (Å²) in [6.45, 7) is 5.04. The number of pyridine rings is 2. The first-order chi connectivity index (χ1) is 15.0. The number of ether oxygens (including phenoxy) is 1. The monoisotopic (exact) mass is 435 g/mol. The lowest BCUT2D eigenvalue weighted by Crippen LogP contribution is -2.10. The first-order valence-corrected chi connectivity index (χ1v) is 10.4. The normalized spacial score (nSPS) is 11.1. The summed E-state index contributed by atoms with van der Waals surface area (Å²) in [4.78, 5) is 23.7. The van der Waals surface area contributed by atoms with E-state index in [1.54, 1.807) is 18.6 Å². The summed E-state index contributed by atoms with van der Waals surface area (Å²) in [6, 6.07) is 11.3. The third-order valence-corrected chi connectivity index (χ3v) is 5.32. The second kappa shape index (κ2) is 9.29. The van der Waals surface area contributed by atoms with Gasteiger partial charge >= 0.3 is 0 Å². The Balaban J connectivity index is 1.60. The Bertz CT molecular complexity index is 1260. The van der Waals surface area contributed by atoms with Crippen molar-refractivity contribution in [3.05, 3.63) is 92.9 Å². The van der Waals surface area contributed by atoms with Crippen LogP contribution in [0.3, 0.4) is 0 Å². The third-order valence-electron chi connectivity index (χ3n) is 4.95. The number of hydrogen-bond donors (Lipinski definition) is 1. The fourth-order valence-electron chi connectivity index (χ4n) is 3.38. The average Bonchev–Trinajstić information content (AvgIpc) is 3.23. The molecule has 6 nitrogen and oxygen atoms in total. The minimum Gasteiger partial charge on any atom is -0.440 e. The number of hydrogen-bond acceptors (Lipinski definition) is 5. The molecule has 1 aromatic carbocycles. The maximum absolute atomic E-state index is 12.3. The van der Waals surface area contributed by atoms with Crippen LogP contribution in [0.2, 0.25) is 5.02 Å². The van der Waals surface area contributed by atoms with Gasteiger partial charge in [0.1, 0.15) is 0 Å². The molecule has 0 saturated carbocycles. The van der Waals surface area contributed by atoms with Gasteiger partial charge in [-0.1, -0.05) is 23.7 Å². The van der Waals surface area contributed by atoms with Gasteiger partial charge in [0.05, 0.1) is 30.5 Å². The SMILES string of the molecule is CCOCc1ccc(Cl)c(Cc2ncc(-c3ccnc(-c4c(C)cc[nH]c4=O)c3)o2)c1. The molecule has 1 N–H and O–H groups in total. The predicted molar refractivity (Wildman–Crippen MR) is 120 cm³/mol. The highest BCUT2D eigenvalue weighted by atomic mass is 35.5. The van der Waals surface area contributed by atoms with Gasteiger partial charge in [0.25, 0.3) is 5.56 Å². The number of halogens is 1. The van der Waals surface area contributed by atoms with Gasteiger partial charge in [-0.3, -0.25) is 9.78 Å². The van der Waals surface area contributed by atoms with Crippen molar-refractivity contribution in [1.29, 1.82) is 0 Å². The van der Waals surface area contributed by atoms with Gasteiger partial charge in [-0.25, -0.2) is 4.98 Å². The van der Waals surface area contributed by atoms with Gasteiger partial charge in [0.2, 0.25) is 0 Å². The molecule has 4 rings (SSSR count). The number of aromatic amines is 1. The molecule has 0 radical (unpaired) electrons. The molecule has 0 aliphatic rings. The molecule has 3 heterocycles. The highest BCUT2D eigenvalue weighted by Crippen LogP contribution is 2.27. The van der Waals surface area contributed by atoms with E-state index in [0.29, 0.717) is 47.6 Å². The van der Waals surface area contributed by atoms with E-state index in [1.807, 2.05) is 50.2 Å². The van der Waals surface area contributed by atoms with Crippen molar-refractivity contribution < 1.29 is 9.15 Å². The van der Waals surface area contributed by atoms with Crippen LogP contribution in [0.15, 0.2) is 64.2 Å². The van der Waals surface area contributed by atoms with E-state index in [-0.39, 0.29) is 5.56 Å². The number of nitrogens with one attached hydrogen (secondary N) is 1. The van der Waals surface area contributed by atoms with Crippen LogP contribution in [0, 0.1) is 6.92 Å². The Labute approximate surface area is 184 Å². The molecule has 4 aromatic rings. The number of oxazole rings is 1. The van der Waals surface area contributed by atoms with E-state index in [9.17, 15) is 4.79 Å². The number of rotatable bonds is 7. The smallest absolute Gasteiger partial charge is 0.257 e. The summed E-state index contributed by atoms with van der Waals surface area (Å²) in [6.07, 6.45) is 5.43. The van der Waals surface area contributed by atoms with E-state index < -0.39 is 0 Å². The van der Waals surface area contributed by atoms with Gasteiger partial charge in [-0.2, -0.15) is 0 Å². The Hall–Kier alpha value is -3.22. The molecule has 0 bridgehead atoms. The number of aromatic nitrogens is 3. The van der Waals surface area contributed by atoms with E-state index >= 15 is 0 Å². The van der Waals surface area contributed by atoms with E-state index in [4.69, 9.17) is 20.8 Å². The first kappa shape index (κ1) is 21.0. The highest BCUT2D eigenvalue weighted by Gasteiger charge is 2.13. The van der Waals surface area contributed by atoms with E-state index in [1.165, 1.54) is 0 Å². The van der Waals surface area contributed by atoms with Gasteiger partial charge in [0.15, 0.2) is 11.7 Å². The van der Waals surface area contributed by atoms with Crippen molar-refractivity contribution >= 4 is 11.6 Å². The summed E-state index contributed by atoms with van der Waals surface area (Å²) in [7, 11) is 0. The predicted octanol–water partition coefficient (Wildman–Crippen LogP) is 5.18. The first-order valence-electron chi connectivity index (χ1n) is 10.00. The fraction of sp³-hybridized carbons (Fsp3) is 0.208. The van der Waals surface area contributed by atoms with Crippen molar-refractivity contribution in [2.75, 3.05) is 6.61 Å². The largest absolute Gasteiger partial charge is 0.440 e. The molecule has 0 unspecified atom stereocenters. The van der Waals surface area contributed by atoms with Crippen LogP contribution < -0.4 is 5.56 Å². The van der Waals surface area contributed by atoms with Crippen LogP contribution in [0.5, 0.6) is 0 Å². The molecule has 158 valence electrons. The number of aryl methyl sites for hydroxylation is 1. The van der Waals surface area contributed by atoms with Crippen molar-refractivity contribution in [1.82, 2.24) is 15.0 Å². The number of nitrogens with zero attached hydrogens (tertiary/aromatic N) is 2. The van der Waals surface area contributed by atoms with Crippen LogP contribution in [0.25, 0.3) is 22.6 Å². The summed E-state index contributed by atoms with van der Waals surface area (Å²) in [5, 5.41) is 0.657. The maximum Gasteiger partial charge on any atom is 0.257 e. The van der Waals surface area contributed by atoms with Crippen LogP contribution in [-0.4, -0.2) is 21.6 Å². The molecule has 7 heteroatoms. The quantitative estimate of drug-likeness (QED) is 0.432. The molecule has 0 spiro atoms. The molecule has 3 aromatic heterocycles. The lowest BCUT2D eigenvalue weighted by atomic mass is 10.1. The van der Waals surface area contributed by atoms with Crippen molar-refractivity contribution in [3.63, 3.8) is 0 Å². The summed E-state index contributed by atoms with van der Waals surface area (Å²) in [5.74, 6) is 1.16. The molecular formula is C24H22ClN3O3. The summed E-state index contributed by atoms with van der Waals surface area (Å²) in [5.41, 5.74) is 4.58. The average molecular weight is 436 g/mol. The second-order valence-corrected chi connectivity index (χ2v) is 7.56. The second-order valence-electron chi connectivity index (χ2n) is 7.15. The Morgan fingerprint density at radius 1 is 1.16 bits per heavy atom. The van der Waals surface area contributed by atoms with Gasteiger partial charge in [0, 0.05) is 29.6 Å². The van der Waals surface area contributed by atoms with Gasteiger partial charge < -0.3 is 14.1 Å². The van der Waals surface area contributed by atoms with E-state index in [2.05, 4.69) is 15.0 Å². The highest BCUT2D eigenvalue weighted by molar-refractivity contribution is 6.31. The zero-order valence-electron chi connectivity index (χ0n) is 17.3. The zero-order chi connectivity index (χ0) is 21.8. The topological polar surface area (TPSA) is 81.0 Å². The number of H-pyrrole nitrogens is 1. The molecule has 0 aliphatic carbocycles. The lowest BCUT2D eigenvalue weighted by molar-refractivity contribution is 0.134. The Kier molecular flexibility index (Phi) is 6.30. The molecule has 0 saturated heterocycles. The van der Waals surface area contributed by atoms with Crippen LogP contribution in [0.4, 0.5) is 0 Å². The Morgan fingerprint density at radius 2 is 2.03 bits per heavy atom. The number of benzene rings is 1. The van der Waals surface area contributed by atoms with Crippen LogP contribution >= 0.6 is 11.6 Å². The van der Waals surface area contributed by atoms with Crippen LogP contribution in [0.1, 0.15) is 29.5 Å². The summed E-state index contributed by atoms with van der Waals surface area (Å²) >= 11 is 6.37. The van der Waals surface area contributed by atoms with Crippen molar-refractivity contribution in [2.24, 2.45) is 0 Å². The molecule has 0 fully saturated rings. The molecule has 31 heavy (non-hydrogen) atoms. The fourth-order valence-corrected chi connectivity index (χ4v) is 3.56. The zero-order valence-corrected chi connectivity index (χ0v) is 18.1. The summed E-state index contributed by atoms with van der Waals surface area (Å²) < 4.78 is 11.5.